The van der Waals surface area contributed by atoms with Crippen molar-refractivity contribution < 1.29 is 18.3 Å². The number of hydrogen-bond acceptors (Lipinski definition) is 1. The van der Waals surface area contributed by atoms with Crippen LogP contribution in [0.25, 0.3) is 0 Å². The summed E-state index contributed by atoms with van der Waals surface area (Å²) in [5.74, 6) is -4.70. The second-order valence-corrected chi connectivity index (χ2v) is 3.02. The van der Waals surface area contributed by atoms with E-state index < -0.39 is 33.6 Å². The molecule has 1 aromatic rings. The lowest BCUT2D eigenvalue weighted by atomic mass is 10.2. The van der Waals surface area contributed by atoms with Gasteiger partial charge in [-0.3, -0.25) is 0 Å². The van der Waals surface area contributed by atoms with Crippen LogP contribution < -0.4 is 0 Å². The van der Waals surface area contributed by atoms with Gasteiger partial charge in [0.25, 0.3) is 0 Å². The van der Waals surface area contributed by atoms with E-state index in [0.717, 1.165) is 0 Å². The summed E-state index contributed by atoms with van der Waals surface area (Å²) in [7, 11) is 0. The monoisotopic (exact) mass is 230 g/mol. The summed E-state index contributed by atoms with van der Waals surface area (Å²) in [6.07, 6.45) is 0. The number of rotatable bonds is 1. The fourth-order valence-corrected chi connectivity index (χ4v) is 1.23. The fourth-order valence-electron chi connectivity index (χ4n) is 0.765. The highest BCUT2D eigenvalue weighted by molar-refractivity contribution is 6.32. The molecule has 0 heterocycles. The van der Waals surface area contributed by atoms with Crippen molar-refractivity contribution in [2.75, 3.05) is 0 Å². The molecule has 13 heavy (non-hydrogen) atoms. The molecule has 0 spiro atoms. The molecule has 0 fully saturated rings. The Morgan fingerprint density at radius 3 is 2.23 bits per heavy atom. The number of halogens is 5. The second kappa shape index (κ2) is 3.74. The van der Waals surface area contributed by atoms with Gasteiger partial charge in [0, 0.05) is 5.56 Å². The molecule has 1 unspecified atom stereocenters. The van der Waals surface area contributed by atoms with Crippen LogP contribution in [0.5, 0.6) is 0 Å². The van der Waals surface area contributed by atoms with Crippen molar-refractivity contribution in [2.24, 2.45) is 0 Å². The molecule has 0 aliphatic rings. The quantitative estimate of drug-likeness (QED) is 0.447. The Kier molecular flexibility index (Phi) is 3.05. The molecule has 6 heteroatoms. The predicted octanol–water partition coefficient (Wildman–Crippen LogP) is 2.99. The van der Waals surface area contributed by atoms with Crippen LogP contribution in [0.3, 0.4) is 0 Å². The minimum absolute atomic E-state index is 0.403. The summed E-state index contributed by atoms with van der Waals surface area (Å²) in [6, 6.07) is 0.540. The highest BCUT2D eigenvalue weighted by Gasteiger charge is 2.20. The van der Waals surface area contributed by atoms with Crippen LogP contribution in [0, 0.1) is 17.5 Å². The maximum absolute atomic E-state index is 12.7. The molecule has 1 atom stereocenters. The molecule has 0 aliphatic carbocycles. The lowest BCUT2D eigenvalue weighted by molar-refractivity contribution is 0.261. The maximum Gasteiger partial charge on any atom is 0.195 e. The normalized spacial score (nSPS) is 13.1. The standard InChI is InChI=1S/C7H3Cl2F3O/c8-4-2(7(9)13)1-3(10)5(11)6(4)12/h1,7,13H. The van der Waals surface area contributed by atoms with Crippen LogP contribution in [0.1, 0.15) is 11.1 Å². The van der Waals surface area contributed by atoms with E-state index in [-0.39, 0.29) is 0 Å². The smallest absolute Gasteiger partial charge is 0.195 e. The van der Waals surface area contributed by atoms with Crippen molar-refractivity contribution in [2.45, 2.75) is 5.56 Å². The molecule has 0 radical (unpaired) electrons. The summed E-state index contributed by atoms with van der Waals surface area (Å²) < 4.78 is 37.7. The van der Waals surface area contributed by atoms with Gasteiger partial charge in [0.05, 0.1) is 5.02 Å². The van der Waals surface area contributed by atoms with E-state index in [4.69, 9.17) is 28.3 Å². The average Bonchev–Trinajstić information content (AvgIpc) is 2.07. The van der Waals surface area contributed by atoms with Crippen LogP contribution >= 0.6 is 23.2 Å². The highest BCUT2D eigenvalue weighted by Crippen LogP contribution is 2.30. The first-order valence-corrected chi connectivity index (χ1v) is 3.91. The van der Waals surface area contributed by atoms with Crippen LogP contribution in [0.15, 0.2) is 6.07 Å². The van der Waals surface area contributed by atoms with Gasteiger partial charge in [-0.05, 0) is 6.07 Å². The van der Waals surface area contributed by atoms with Gasteiger partial charge in [0.1, 0.15) is 0 Å². The van der Waals surface area contributed by atoms with E-state index in [1.54, 1.807) is 0 Å². The maximum atomic E-state index is 12.7. The summed E-state index contributed by atoms with van der Waals surface area (Å²) in [6.45, 7) is 0. The SMILES string of the molecule is OC(Cl)c1cc(F)c(F)c(F)c1Cl. The Labute approximate surface area is 81.7 Å². The lowest BCUT2D eigenvalue weighted by Gasteiger charge is -2.07. The summed E-state index contributed by atoms with van der Waals surface area (Å²) in [5, 5.41) is 8.05. The van der Waals surface area contributed by atoms with Gasteiger partial charge in [-0.2, -0.15) is 0 Å². The first kappa shape index (κ1) is 10.6. The van der Waals surface area contributed by atoms with Crippen LogP contribution in [0.4, 0.5) is 13.2 Å². The molecule has 0 saturated heterocycles. The molecule has 72 valence electrons. The van der Waals surface area contributed by atoms with Crippen molar-refractivity contribution >= 4 is 23.2 Å². The molecule has 0 saturated carbocycles. The number of aliphatic hydroxyl groups is 1. The lowest BCUT2D eigenvalue weighted by Crippen LogP contribution is -1.99. The van der Waals surface area contributed by atoms with E-state index in [0.29, 0.717) is 6.07 Å². The average molecular weight is 231 g/mol. The predicted molar refractivity (Wildman–Crippen MR) is 42.1 cm³/mol. The Morgan fingerprint density at radius 2 is 1.77 bits per heavy atom. The highest BCUT2D eigenvalue weighted by atomic mass is 35.5. The van der Waals surface area contributed by atoms with E-state index in [1.165, 1.54) is 0 Å². The van der Waals surface area contributed by atoms with Crippen molar-refractivity contribution in [3.63, 3.8) is 0 Å². The molecule has 0 amide bonds. The minimum Gasteiger partial charge on any atom is -0.373 e. The molecule has 1 nitrogen and oxygen atoms in total. The number of benzene rings is 1. The topological polar surface area (TPSA) is 20.2 Å². The van der Waals surface area contributed by atoms with E-state index in [1.807, 2.05) is 0 Å². The fraction of sp³-hybridized carbons (Fsp3) is 0.143. The molecule has 1 N–H and O–H groups in total. The molecule has 0 aliphatic heterocycles. The van der Waals surface area contributed by atoms with Gasteiger partial charge in [0.15, 0.2) is 23.0 Å². The summed E-state index contributed by atoms with van der Waals surface area (Å²) in [5.41, 5.74) is -2.07. The third kappa shape index (κ3) is 1.90. The molecule has 1 rings (SSSR count). The molecule has 0 aromatic heterocycles. The van der Waals surface area contributed by atoms with Gasteiger partial charge in [-0.1, -0.05) is 23.2 Å². The first-order chi connectivity index (χ1) is 5.95. The van der Waals surface area contributed by atoms with Gasteiger partial charge < -0.3 is 5.11 Å². The molecule has 1 aromatic carbocycles. The zero-order valence-electron chi connectivity index (χ0n) is 5.99. The number of alkyl halides is 1. The van der Waals surface area contributed by atoms with Crippen molar-refractivity contribution in [3.05, 3.63) is 34.1 Å². The Morgan fingerprint density at radius 1 is 1.23 bits per heavy atom. The Hall–Kier alpha value is -0.450. The van der Waals surface area contributed by atoms with E-state index >= 15 is 0 Å². The summed E-state index contributed by atoms with van der Waals surface area (Å²) in [4.78, 5) is 0. The van der Waals surface area contributed by atoms with Gasteiger partial charge >= 0.3 is 0 Å². The third-order valence-corrected chi connectivity index (χ3v) is 2.01. The van der Waals surface area contributed by atoms with Crippen LogP contribution in [0.2, 0.25) is 5.02 Å². The number of hydrogen-bond donors (Lipinski definition) is 1. The van der Waals surface area contributed by atoms with Crippen molar-refractivity contribution in [3.8, 4) is 0 Å². The van der Waals surface area contributed by atoms with Crippen LogP contribution in [-0.4, -0.2) is 5.11 Å². The molecular weight excluding hydrogens is 228 g/mol. The van der Waals surface area contributed by atoms with Crippen molar-refractivity contribution in [1.29, 1.82) is 0 Å². The first-order valence-electron chi connectivity index (χ1n) is 3.10. The number of aliphatic hydroxyl groups excluding tert-OH is 1. The van der Waals surface area contributed by atoms with E-state index in [9.17, 15) is 13.2 Å². The zero-order chi connectivity index (χ0) is 10.2. The molecular formula is C7H3Cl2F3O. The van der Waals surface area contributed by atoms with Crippen molar-refractivity contribution in [1.82, 2.24) is 0 Å². The van der Waals surface area contributed by atoms with Gasteiger partial charge in [-0.15, -0.1) is 0 Å². The largest absolute Gasteiger partial charge is 0.373 e. The minimum atomic E-state index is -1.69. The van der Waals surface area contributed by atoms with Gasteiger partial charge in [0.2, 0.25) is 0 Å². The zero-order valence-corrected chi connectivity index (χ0v) is 7.50. The second-order valence-electron chi connectivity index (χ2n) is 2.23. The Balaban J connectivity index is 3.41. The summed E-state index contributed by atoms with van der Waals surface area (Å²) >= 11 is 10.4. The van der Waals surface area contributed by atoms with Crippen LogP contribution in [-0.2, 0) is 0 Å². The van der Waals surface area contributed by atoms with Gasteiger partial charge in [-0.25, -0.2) is 13.2 Å². The Bertz CT molecular complexity index is 341. The third-order valence-electron chi connectivity index (χ3n) is 1.39. The van der Waals surface area contributed by atoms with E-state index in [2.05, 4.69) is 0 Å². The molecule has 0 bridgehead atoms.